The molecule has 0 amide bonds. The first-order valence-electron chi connectivity index (χ1n) is 6.33. The van der Waals surface area contributed by atoms with Gasteiger partial charge in [0.15, 0.2) is 0 Å². The number of hydrogen-bond donors (Lipinski definition) is 2. The number of benzene rings is 1. The molecule has 0 atom stereocenters. The van der Waals surface area contributed by atoms with E-state index in [9.17, 15) is 4.79 Å². The van der Waals surface area contributed by atoms with Gasteiger partial charge in [-0.15, -0.1) is 0 Å². The summed E-state index contributed by atoms with van der Waals surface area (Å²) in [4.78, 5) is 12.9. The summed E-state index contributed by atoms with van der Waals surface area (Å²) in [5, 5.41) is 8.89. The summed E-state index contributed by atoms with van der Waals surface area (Å²) >= 11 is 0. The number of nitrogens with two attached hydrogens (primary N) is 1. The summed E-state index contributed by atoms with van der Waals surface area (Å²) in [7, 11) is 1.99. The Labute approximate surface area is 108 Å². The summed E-state index contributed by atoms with van der Waals surface area (Å²) in [5.74, 6) is -0.315. The van der Waals surface area contributed by atoms with Crippen LogP contribution in [0.15, 0.2) is 18.2 Å². The quantitative estimate of drug-likeness (QED) is 0.762. The molecule has 100 valence electrons. The highest BCUT2D eigenvalue weighted by atomic mass is 16.4. The molecule has 0 bridgehead atoms. The van der Waals surface area contributed by atoms with Gasteiger partial charge in [0.25, 0.3) is 0 Å². The van der Waals surface area contributed by atoms with Crippen LogP contribution in [0.2, 0.25) is 0 Å². The fourth-order valence-corrected chi connectivity index (χ4v) is 2.07. The fourth-order valence-electron chi connectivity index (χ4n) is 2.07. The van der Waals surface area contributed by atoms with E-state index < -0.39 is 5.97 Å². The van der Waals surface area contributed by atoms with Gasteiger partial charge in [-0.25, -0.2) is 4.79 Å². The molecule has 1 aromatic rings. The highest BCUT2D eigenvalue weighted by Gasteiger charge is 2.12. The van der Waals surface area contributed by atoms with E-state index in [1.54, 1.807) is 12.1 Å². The molecule has 3 N–H and O–H groups in total. The van der Waals surface area contributed by atoms with E-state index in [0.29, 0.717) is 11.6 Å². The van der Waals surface area contributed by atoms with E-state index in [1.165, 1.54) is 6.07 Å². The molecule has 0 heterocycles. The Kier molecular flexibility index (Phi) is 5.01. The topological polar surface area (TPSA) is 66.6 Å². The number of hydrogen-bond acceptors (Lipinski definition) is 3. The zero-order chi connectivity index (χ0) is 13.7. The van der Waals surface area contributed by atoms with Crippen molar-refractivity contribution in [3.05, 3.63) is 23.8 Å². The first-order valence-corrected chi connectivity index (χ1v) is 6.33. The number of rotatable bonds is 6. The lowest BCUT2D eigenvalue weighted by molar-refractivity contribution is 0.0697. The Morgan fingerprint density at radius 3 is 2.44 bits per heavy atom. The third-order valence-corrected chi connectivity index (χ3v) is 3.37. The largest absolute Gasteiger partial charge is 0.478 e. The van der Waals surface area contributed by atoms with Gasteiger partial charge in [0.2, 0.25) is 0 Å². The van der Waals surface area contributed by atoms with Gasteiger partial charge in [0.05, 0.1) is 16.9 Å². The van der Waals surface area contributed by atoms with E-state index in [0.717, 1.165) is 25.1 Å². The van der Waals surface area contributed by atoms with Crippen molar-refractivity contribution in [3.8, 4) is 0 Å². The molecule has 0 radical (unpaired) electrons. The molecule has 0 saturated heterocycles. The number of carbonyl (C=O) groups is 1. The molecular weight excluding hydrogens is 228 g/mol. The number of nitrogen functional groups attached to an aromatic ring is 1. The van der Waals surface area contributed by atoms with Crippen LogP contribution in [-0.4, -0.2) is 24.7 Å². The van der Waals surface area contributed by atoms with E-state index >= 15 is 0 Å². The van der Waals surface area contributed by atoms with E-state index in [-0.39, 0.29) is 5.56 Å². The van der Waals surface area contributed by atoms with E-state index in [1.807, 2.05) is 7.05 Å². The van der Waals surface area contributed by atoms with Gasteiger partial charge in [-0.05, 0) is 24.1 Å². The summed E-state index contributed by atoms with van der Waals surface area (Å²) in [6.07, 6.45) is 2.27. The second kappa shape index (κ2) is 6.28. The van der Waals surface area contributed by atoms with E-state index in [2.05, 4.69) is 18.7 Å². The van der Waals surface area contributed by atoms with Crippen molar-refractivity contribution < 1.29 is 9.90 Å². The van der Waals surface area contributed by atoms with Crippen molar-refractivity contribution in [2.45, 2.75) is 26.7 Å². The van der Waals surface area contributed by atoms with Crippen LogP contribution >= 0.6 is 0 Å². The average molecular weight is 250 g/mol. The predicted molar refractivity (Wildman–Crippen MR) is 75.2 cm³/mol. The predicted octanol–water partition coefficient (Wildman–Crippen LogP) is 2.84. The van der Waals surface area contributed by atoms with Crippen LogP contribution in [0.3, 0.4) is 0 Å². The number of anilines is 2. The van der Waals surface area contributed by atoms with Crippen LogP contribution in [0.1, 0.15) is 37.0 Å². The number of carboxylic acid groups (broad SMARTS) is 1. The minimum atomic E-state index is -0.948. The SMILES string of the molecule is CCC(CC)CN(C)c1ccc(C(=O)O)cc1N. The maximum absolute atomic E-state index is 10.8. The van der Waals surface area contributed by atoms with Crippen molar-refractivity contribution in [1.82, 2.24) is 0 Å². The monoisotopic (exact) mass is 250 g/mol. The van der Waals surface area contributed by atoms with Crippen molar-refractivity contribution in [2.24, 2.45) is 5.92 Å². The minimum Gasteiger partial charge on any atom is -0.478 e. The molecule has 1 rings (SSSR count). The number of aromatic carboxylic acids is 1. The Morgan fingerprint density at radius 2 is 2.00 bits per heavy atom. The average Bonchev–Trinajstić information content (AvgIpc) is 2.35. The van der Waals surface area contributed by atoms with Crippen LogP contribution in [0.4, 0.5) is 11.4 Å². The van der Waals surface area contributed by atoms with Crippen LogP contribution in [0.25, 0.3) is 0 Å². The second-order valence-corrected chi connectivity index (χ2v) is 4.64. The maximum atomic E-state index is 10.8. The molecule has 0 fully saturated rings. The smallest absolute Gasteiger partial charge is 0.335 e. The van der Waals surface area contributed by atoms with Gasteiger partial charge >= 0.3 is 5.97 Å². The lowest BCUT2D eigenvalue weighted by Crippen LogP contribution is -2.25. The molecule has 0 aliphatic carbocycles. The molecule has 0 aliphatic heterocycles. The summed E-state index contributed by atoms with van der Waals surface area (Å²) in [5.41, 5.74) is 7.55. The first kappa shape index (κ1) is 14.4. The zero-order valence-corrected chi connectivity index (χ0v) is 11.3. The van der Waals surface area contributed by atoms with Crippen LogP contribution in [0, 0.1) is 5.92 Å². The van der Waals surface area contributed by atoms with Gasteiger partial charge in [-0.2, -0.15) is 0 Å². The Bertz CT molecular complexity index is 414. The van der Waals surface area contributed by atoms with Crippen molar-refractivity contribution in [1.29, 1.82) is 0 Å². The van der Waals surface area contributed by atoms with Crippen LogP contribution < -0.4 is 10.6 Å². The molecule has 4 nitrogen and oxygen atoms in total. The van der Waals surface area contributed by atoms with Gasteiger partial charge in [0, 0.05) is 13.6 Å². The Balaban J connectivity index is 2.86. The Morgan fingerprint density at radius 1 is 1.39 bits per heavy atom. The summed E-state index contributed by atoms with van der Waals surface area (Å²) in [6, 6.07) is 4.89. The highest BCUT2D eigenvalue weighted by molar-refractivity contribution is 5.90. The molecule has 0 unspecified atom stereocenters. The summed E-state index contributed by atoms with van der Waals surface area (Å²) in [6.45, 7) is 5.29. The molecule has 18 heavy (non-hydrogen) atoms. The van der Waals surface area contributed by atoms with E-state index in [4.69, 9.17) is 10.8 Å². The molecular formula is C14H22N2O2. The van der Waals surface area contributed by atoms with Gasteiger partial charge < -0.3 is 15.7 Å². The standard InChI is InChI=1S/C14H22N2O2/c1-4-10(5-2)9-16(3)13-7-6-11(14(17)18)8-12(13)15/h6-8,10H,4-5,9,15H2,1-3H3,(H,17,18). The summed E-state index contributed by atoms with van der Waals surface area (Å²) < 4.78 is 0. The van der Waals surface area contributed by atoms with Crippen LogP contribution in [0.5, 0.6) is 0 Å². The fraction of sp³-hybridized carbons (Fsp3) is 0.500. The molecule has 0 spiro atoms. The maximum Gasteiger partial charge on any atom is 0.335 e. The molecule has 0 aromatic heterocycles. The molecule has 1 aromatic carbocycles. The zero-order valence-electron chi connectivity index (χ0n) is 11.3. The lowest BCUT2D eigenvalue weighted by Gasteiger charge is -2.25. The van der Waals surface area contributed by atoms with Gasteiger partial charge in [0.1, 0.15) is 0 Å². The number of nitrogens with zero attached hydrogens (tertiary/aromatic N) is 1. The highest BCUT2D eigenvalue weighted by Crippen LogP contribution is 2.25. The third kappa shape index (κ3) is 3.39. The first-order chi connectivity index (χ1) is 8.49. The minimum absolute atomic E-state index is 0.229. The Hall–Kier alpha value is -1.71. The van der Waals surface area contributed by atoms with Gasteiger partial charge in [-0.3, -0.25) is 0 Å². The van der Waals surface area contributed by atoms with Crippen molar-refractivity contribution in [2.75, 3.05) is 24.2 Å². The molecule has 4 heteroatoms. The van der Waals surface area contributed by atoms with Crippen molar-refractivity contribution in [3.63, 3.8) is 0 Å². The molecule has 0 aliphatic rings. The number of carboxylic acids is 1. The van der Waals surface area contributed by atoms with Crippen molar-refractivity contribution >= 4 is 17.3 Å². The van der Waals surface area contributed by atoms with Gasteiger partial charge in [-0.1, -0.05) is 26.7 Å². The van der Waals surface area contributed by atoms with Crippen LogP contribution in [-0.2, 0) is 0 Å². The molecule has 0 saturated carbocycles. The normalized spacial score (nSPS) is 10.7. The lowest BCUT2D eigenvalue weighted by atomic mass is 10.0. The second-order valence-electron chi connectivity index (χ2n) is 4.64. The third-order valence-electron chi connectivity index (χ3n) is 3.37.